The molecule has 1 aromatic heterocycles. The minimum absolute atomic E-state index is 0.178. The number of nitrogens with zero attached hydrogens (tertiary/aromatic N) is 2. The molecule has 0 radical (unpaired) electrons. The van der Waals surface area contributed by atoms with E-state index >= 15 is 4.39 Å². The summed E-state index contributed by atoms with van der Waals surface area (Å²) in [6.45, 7) is 4.75. The number of halogens is 2. The molecule has 0 amide bonds. The molecule has 1 saturated carbocycles. The van der Waals surface area contributed by atoms with Crippen LogP contribution in [0.15, 0.2) is 17.1 Å². The van der Waals surface area contributed by atoms with E-state index in [1.165, 1.54) is 27.7 Å². The van der Waals surface area contributed by atoms with E-state index < -0.39 is 87.5 Å². The van der Waals surface area contributed by atoms with Gasteiger partial charge >= 0.3 is 25.8 Å². The highest BCUT2D eigenvalue weighted by molar-refractivity contribution is 7.48. The van der Waals surface area contributed by atoms with Crippen LogP contribution in [0.1, 0.15) is 40.8 Å². The number of nitrogen functional groups attached to an aromatic ring is 1. The molecule has 1 saturated heterocycles. The molecule has 2 aliphatic rings. The topological polar surface area (TPSA) is 206 Å². The Kier molecular flexibility index (Phi) is 9.43. The lowest BCUT2D eigenvalue weighted by molar-refractivity contribution is -0.117. The van der Waals surface area contributed by atoms with E-state index in [9.17, 15) is 28.4 Å². The maximum absolute atomic E-state index is 15.6. The van der Waals surface area contributed by atoms with Gasteiger partial charge in [0.05, 0.1) is 12.2 Å². The van der Waals surface area contributed by atoms with Crippen molar-refractivity contribution in [1.82, 2.24) is 9.55 Å². The Morgan fingerprint density at radius 2 is 1.68 bits per heavy atom. The summed E-state index contributed by atoms with van der Waals surface area (Å²) < 4.78 is 83.5. The van der Waals surface area contributed by atoms with Crippen LogP contribution in [0.3, 0.4) is 0 Å². The van der Waals surface area contributed by atoms with E-state index in [4.69, 9.17) is 33.5 Å². The molecule has 19 heteroatoms. The average Bonchev–Trinajstić information content (AvgIpc) is 3.23. The van der Waals surface area contributed by atoms with Gasteiger partial charge in [0, 0.05) is 6.20 Å². The number of rotatable bonds is 12. The van der Waals surface area contributed by atoms with Crippen LogP contribution in [0.2, 0.25) is 0 Å². The lowest BCUT2D eigenvalue weighted by Crippen LogP contribution is -2.38. The van der Waals surface area contributed by atoms with Crippen molar-refractivity contribution in [3.63, 3.8) is 0 Å². The summed E-state index contributed by atoms with van der Waals surface area (Å²) in [5.41, 5.74) is -0.944. The van der Waals surface area contributed by atoms with E-state index in [2.05, 4.69) is 14.5 Å². The summed E-state index contributed by atoms with van der Waals surface area (Å²) in [5.74, 6) is -0.178. The highest BCUT2D eigenvalue weighted by Gasteiger charge is 2.92. The van der Waals surface area contributed by atoms with Gasteiger partial charge in [0.1, 0.15) is 18.1 Å². The Morgan fingerprint density at radius 1 is 1.15 bits per heavy atom. The van der Waals surface area contributed by atoms with Crippen molar-refractivity contribution >= 4 is 26.0 Å². The number of anilines is 1. The van der Waals surface area contributed by atoms with Gasteiger partial charge in [0.15, 0.2) is 23.6 Å². The number of nitrogens with two attached hydrogens (primary N) is 1. The molecule has 2 unspecified atom stereocenters. The normalized spacial score (nSPS) is 28.2. The molecule has 3 N–H and O–H groups in total. The largest absolute Gasteiger partial charge is 0.510 e. The van der Waals surface area contributed by atoms with E-state index in [0.717, 1.165) is 19.2 Å². The van der Waals surface area contributed by atoms with E-state index in [0.29, 0.717) is 4.57 Å². The first-order valence-electron chi connectivity index (χ1n) is 11.8. The van der Waals surface area contributed by atoms with Gasteiger partial charge in [-0.25, -0.2) is 36.8 Å². The van der Waals surface area contributed by atoms with Gasteiger partial charge in [-0.3, -0.25) is 9.09 Å². The fourth-order valence-electron chi connectivity index (χ4n) is 3.99. The number of hydrogen-bond donors (Lipinski definition) is 2. The van der Waals surface area contributed by atoms with Gasteiger partial charge in [0.2, 0.25) is 13.6 Å². The fourth-order valence-corrected chi connectivity index (χ4v) is 5.13. The summed E-state index contributed by atoms with van der Waals surface area (Å²) in [6.07, 6.45) is -11.2. The SMILES string of the molecule is CC(C)OC(=O)OCOP(=O)(OCOC(=O)OC(C)C)OC1[C@@]2(C(C)F)O[C@@H](n3ccc(N)nc3=O)[C@H](F)[C@@]12O. The summed E-state index contributed by atoms with van der Waals surface area (Å²) in [6, 6.07) is 1.15. The van der Waals surface area contributed by atoms with Crippen LogP contribution in [-0.2, 0) is 41.8 Å². The molecule has 6 atom stereocenters. The van der Waals surface area contributed by atoms with Crippen molar-refractivity contribution in [1.29, 1.82) is 0 Å². The molecule has 1 aliphatic carbocycles. The number of fused-ring (bicyclic) bond motifs is 1. The highest BCUT2D eigenvalue weighted by atomic mass is 31.2. The van der Waals surface area contributed by atoms with Crippen LogP contribution >= 0.6 is 7.82 Å². The van der Waals surface area contributed by atoms with Crippen molar-refractivity contribution in [2.45, 2.75) is 82.7 Å². The minimum atomic E-state index is -5.04. The van der Waals surface area contributed by atoms with E-state index in [1.807, 2.05) is 0 Å². The van der Waals surface area contributed by atoms with Gasteiger partial charge in [-0.05, 0) is 40.7 Å². The molecule has 1 aliphatic heterocycles. The molecule has 0 aromatic carbocycles. The summed E-state index contributed by atoms with van der Waals surface area (Å²) in [5, 5.41) is 11.1. The number of aliphatic hydroxyl groups is 1. The first-order valence-corrected chi connectivity index (χ1v) is 13.3. The molecule has 0 spiro atoms. The first kappa shape index (κ1) is 31.6. The van der Waals surface area contributed by atoms with Gasteiger partial charge in [0.25, 0.3) is 0 Å². The molecule has 3 rings (SSSR count). The fraction of sp³-hybridized carbons (Fsp3) is 0.714. The number of phosphoric ester groups is 1. The van der Waals surface area contributed by atoms with Crippen LogP contribution in [0.25, 0.3) is 0 Å². The van der Waals surface area contributed by atoms with E-state index in [1.54, 1.807) is 0 Å². The number of aromatic nitrogens is 2. The second-order valence-corrected chi connectivity index (χ2v) is 10.9. The lowest BCUT2D eigenvalue weighted by Gasteiger charge is -2.26. The Bertz CT molecular complexity index is 1170. The number of hydrogen-bond acceptors (Lipinski definition) is 15. The predicted octanol–water partition coefficient (Wildman–Crippen LogP) is 2.10. The van der Waals surface area contributed by atoms with Crippen LogP contribution < -0.4 is 11.4 Å². The van der Waals surface area contributed by atoms with Crippen LogP contribution in [0, 0.1) is 0 Å². The van der Waals surface area contributed by atoms with Crippen LogP contribution in [0.5, 0.6) is 0 Å². The third kappa shape index (κ3) is 6.21. The third-order valence-electron chi connectivity index (χ3n) is 5.71. The monoisotopic (exact) mass is 601 g/mol. The maximum Gasteiger partial charge on any atom is 0.510 e. The second kappa shape index (κ2) is 11.9. The summed E-state index contributed by atoms with van der Waals surface area (Å²) in [7, 11) is -5.04. The first-order chi connectivity index (χ1) is 18.6. The number of ether oxygens (including phenoxy) is 5. The maximum atomic E-state index is 15.6. The zero-order chi connectivity index (χ0) is 30.0. The molecule has 0 bridgehead atoms. The van der Waals surface area contributed by atoms with Crippen LogP contribution in [0.4, 0.5) is 24.2 Å². The van der Waals surface area contributed by atoms with Crippen LogP contribution in [-0.4, -0.2) is 82.4 Å². The zero-order valence-corrected chi connectivity index (χ0v) is 22.9. The van der Waals surface area contributed by atoms with Crippen molar-refractivity contribution in [2.24, 2.45) is 0 Å². The van der Waals surface area contributed by atoms with Crippen molar-refractivity contribution < 1.29 is 65.3 Å². The molecular weight excluding hydrogens is 571 g/mol. The summed E-state index contributed by atoms with van der Waals surface area (Å²) in [4.78, 5) is 38.9. The Labute approximate surface area is 226 Å². The number of alkyl halides is 2. The van der Waals surface area contributed by atoms with Crippen molar-refractivity contribution in [3.05, 3.63) is 22.7 Å². The molecular formula is C21H30F2N3O13P. The Morgan fingerprint density at radius 3 is 2.10 bits per heavy atom. The molecule has 16 nitrogen and oxygen atoms in total. The molecule has 40 heavy (non-hydrogen) atoms. The van der Waals surface area contributed by atoms with Gasteiger partial charge in [-0.1, -0.05) is 0 Å². The van der Waals surface area contributed by atoms with Gasteiger partial charge in [-0.2, -0.15) is 4.98 Å². The highest BCUT2D eigenvalue weighted by Crippen LogP contribution is 2.70. The lowest BCUT2D eigenvalue weighted by atomic mass is 10.1. The molecule has 2 heterocycles. The van der Waals surface area contributed by atoms with E-state index in [-0.39, 0.29) is 5.82 Å². The molecule has 2 fully saturated rings. The van der Waals surface area contributed by atoms with Crippen molar-refractivity contribution in [2.75, 3.05) is 19.3 Å². The minimum Gasteiger partial charge on any atom is -0.432 e. The summed E-state index contributed by atoms with van der Waals surface area (Å²) >= 11 is 0. The number of carbonyl (C=O) groups is 2. The molecule has 226 valence electrons. The number of carbonyl (C=O) groups excluding carboxylic acids is 2. The number of phosphoric acid groups is 1. The Hall–Kier alpha value is -2.89. The quantitative estimate of drug-likeness (QED) is 0.200. The average molecular weight is 601 g/mol. The smallest absolute Gasteiger partial charge is 0.432 e. The second-order valence-electron chi connectivity index (χ2n) is 9.24. The van der Waals surface area contributed by atoms with Gasteiger partial charge in [-0.15, -0.1) is 0 Å². The third-order valence-corrected chi connectivity index (χ3v) is 7.02. The zero-order valence-electron chi connectivity index (χ0n) is 22.1. The standard InChI is InChI=1S/C21H30F2N3O13P/c1-10(2)36-18(28)32-8-34-40(31,35-9-33-19(29)37-11(3)4)39-16-20(30)14(23)15(38-21(16,20)12(5)22)26-7-6-13(24)25-17(26)27/h6-7,10-12,14-16,30H,8-9H2,1-5H3,(H2,24,25,27)/t12?,14-,15+,16?,20+,21+/m0/s1. The predicted molar refractivity (Wildman–Crippen MR) is 126 cm³/mol. The van der Waals surface area contributed by atoms with Gasteiger partial charge < -0.3 is 34.5 Å². The van der Waals surface area contributed by atoms with Crippen molar-refractivity contribution in [3.8, 4) is 0 Å². The Balaban J connectivity index is 1.80. The molecule has 1 aromatic rings.